The van der Waals surface area contributed by atoms with Crippen LogP contribution in [-0.4, -0.2) is 28.5 Å². The number of amidine groups is 1. The van der Waals surface area contributed by atoms with Crippen LogP contribution in [0, 0.1) is 0 Å². The first kappa shape index (κ1) is 14.9. The molecule has 0 aliphatic heterocycles. The number of rotatable bonds is 6. The molecular weight excluding hydrogens is 228 g/mol. The highest BCUT2D eigenvalue weighted by Crippen LogP contribution is 2.30. The molecule has 0 unspecified atom stereocenters. The SMILES string of the molecule is CCC/N=C(\C)N(CCC)SC1CCCCC1. The van der Waals surface area contributed by atoms with Crippen molar-refractivity contribution in [2.75, 3.05) is 13.1 Å². The van der Waals surface area contributed by atoms with Crippen LogP contribution in [0.1, 0.15) is 65.7 Å². The van der Waals surface area contributed by atoms with Crippen LogP contribution in [0.4, 0.5) is 0 Å². The summed E-state index contributed by atoms with van der Waals surface area (Å²) in [5, 5.41) is 0.835. The van der Waals surface area contributed by atoms with E-state index in [9.17, 15) is 0 Å². The third-order valence-corrected chi connectivity index (χ3v) is 4.65. The zero-order valence-electron chi connectivity index (χ0n) is 11.7. The second-order valence-corrected chi connectivity index (χ2v) is 6.21. The summed E-state index contributed by atoms with van der Waals surface area (Å²) in [5.41, 5.74) is 0. The number of aliphatic imine (C=N–C) groups is 1. The molecule has 17 heavy (non-hydrogen) atoms. The van der Waals surface area contributed by atoms with Crippen LogP contribution >= 0.6 is 11.9 Å². The molecule has 0 heterocycles. The van der Waals surface area contributed by atoms with E-state index in [1.165, 1.54) is 44.4 Å². The lowest BCUT2D eigenvalue weighted by Crippen LogP contribution is -2.27. The third-order valence-electron chi connectivity index (χ3n) is 3.18. The van der Waals surface area contributed by atoms with E-state index in [1.807, 2.05) is 0 Å². The smallest absolute Gasteiger partial charge is 0.106 e. The van der Waals surface area contributed by atoms with Crippen LogP contribution in [0.5, 0.6) is 0 Å². The molecule has 1 rings (SSSR count). The van der Waals surface area contributed by atoms with E-state index in [0.29, 0.717) is 0 Å². The molecule has 0 N–H and O–H groups in total. The van der Waals surface area contributed by atoms with Gasteiger partial charge in [0, 0.05) is 18.3 Å². The first-order chi connectivity index (χ1) is 8.27. The standard InChI is InChI=1S/C14H28N2S/c1-4-11-15-13(3)16(12-5-2)17-14-9-7-6-8-10-14/h14H,4-12H2,1-3H3/b15-13+. The van der Waals surface area contributed by atoms with E-state index in [-0.39, 0.29) is 0 Å². The zero-order valence-corrected chi connectivity index (χ0v) is 12.6. The Bertz CT molecular complexity index is 222. The average molecular weight is 256 g/mol. The molecule has 0 bridgehead atoms. The molecular formula is C14H28N2S. The molecule has 0 aromatic heterocycles. The van der Waals surface area contributed by atoms with Gasteiger partial charge in [0.2, 0.25) is 0 Å². The topological polar surface area (TPSA) is 15.6 Å². The van der Waals surface area contributed by atoms with Gasteiger partial charge in [-0.1, -0.05) is 33.1 Å². The summed E-state index contributed by atoms with van der Waals surface area (Å²) in [6.45, 7) is 8.72. The lowest BCUT2D eigenvalue weighted by molar-refractivity contribution is 0.507. The first-order valence-corrected chi connectivity index (χ1v) is 8.07. The normalized spacial score (nSPS) is 18.4. The molecule has 0 radical (unpaired) electrons. The molecule has 0 amide bonds. The van der Waals surface area contributed by atoms with E-state index in [4.69, 9.17) is 0 Å². The zero-order chi connectivity index (χ0) is 12.5. The molecule has 0 aromatic carbocycles. The molecule has 0 atom stereocenters. The van der Waals surface area contributed by atoms with Crippen LogP contribution in [0.2, 0.25) is 0 Å². The monoisotopic (exact) mass is 256 g/mol. The molecule has 3 heteroatoms. The minimum Gasteiger partial charge on any atom is -0.304 e. The third kappa shape index (κ3) is 5.80. The van der Waals surface area contributed by atoms with Crippen molar-refractivity contribution in [3.63, 3.8) is 0 Å². The molecule has 1 aliphatic rings. The fraction of sp³-hybridized carbons (Fsp3) is 0.929. The van der Waals surface area contributed by atoms with Crippen LogP contribution in [0.3, 0.4) is 0 Å². The Hall–Kier alpha value is -0.180. The van der Waals surface area contributed by atoms with Gasteiger partial charge in [-0.2, -0.15) is 0 Å². The van der Waals surface area contributed by atoms with Gasteiger partial charge in [0.05, 0.1) is 0 Å². The number of hydrogen-bond acceptors (Lipinski definition) is 2. The van der Waals surface area contributed by atoms with Crippen LogP contribution in [0.25, 0.3) is 0 Å². The fourth-order valence-corrected chi connectivity index (χ4v) is 3.60. The predicted molar refractivity (Wildman–Crippen MR) is 79.7 cm³/mol. The second-order valence-electron chi connectivity index (χ2n) is 4.90. The molecule has 100 valence electrons. The largest absolute Gasteiger partial charge is 0.304 e. The average Bonchev–Trinajstić information content (AvgIpc) is 2.36. The Kier molecular flexibility index (Phi) is 7.74. The lowest BCUT2D eigenvalue weighted by atomic mass is 10.0. The predicted octanol–water partition coefficient (Wildman–Crippen LogP) is 4.51. The van der Waals surface area contributed by atoms with Gasteiger partial charge < -0.3 is 4.31 Å². The van der Waals surface area contributed by atoms with Gasteiger partial charge in [0.25, 0.3) is 0 Å². The highest BCUT2D eigenvalue weighted by molar-refractivity contribution is 7.98. The molecule has 0 saturated heterocycles. The lowest BCUT2D eigenvalue weighted by Gasteiger charge is -2.29. The van der Waals surface area contributed by atoms with Crippen LogP contribution in [0.15, 0.2) is 4.99 Å². The van der Waals surface area contributed by atoms with Gasteiger partial charge in [-0.25, -0.2) is 0 Å². The van der Waals surface area contributed by atoms with Crippen molar-refractivity contribution in [2.24, 2.45) is 4.99 Å². The Balaban J connectivity index is 2.45. The van der Waals surface area contributed by atoms with Gasteiger partial charge >= 0.3 is 0 Å². The van der Waals surface area contributed by atoms with Gasteiger partial charge in [-0.3, -0.25) is 4.99 Å². The van der Waals surface area contributed by atoms with Gasteiger partial charge in [-0.05, 0) is 44.6 Å². The molecule has 1 aliphatic carbocycles. The number of nitrogens with zero attached hydrogens (tertiary/aromatic N) is 2. The molecule has 1 fully saturated rings. The van der Waals surface area contributed by atoms with Crippen molar-refractivity contribution in [3.8, 4) is 0 Å². The van der Waals surface area contributed by atoms with Crippen LogP contribution < -0.4 is 0 Å². The summed E-state index contributed by atoms with van der Waals surface area (Å²) in [6, 6.07) is 0. The Morgan fingerprint density at radius 2 is 1.88 bits per heavy atom. The Labute approximate surface area is 111 Å². The van der Waals surface area contributed by atoms with Gasteiger partial charge in [0.15, 0.2) is 0 Å². The summed E-state index contributed by atoms with van der Waals surface area (Å²) < 4.78 is 2.44. The van der Waals surface area contributed by atoms with Crippen molar-refractivity contribution >= 4 is 17.8 Å². The number of hydrogen-bond donors (Lipinski definition) is 0. The van der Waals surface area contributed by atoms with E-state index in [0.717, 1.165) is 24.8 Å². The summed E-state index contributed by atoms with van der Waals surface area (Å²) in [5.74, 6) is 1.23. The van der Waals surface area contributed by atoms with Crippen molar-refractivity contribution in [3.05, 3.63) is 0 Å². The van der Waals surface area contributed by atoms with Crippen LogP contribution in [-0.2, 0) is 0 Å². The van der Waals surface area contributed by atoms with E-state index in [1.54, 1.807) is 0 Å². The van der Waals surface area contributed by atoms with E-state index < -0.39 is 0 Å². The summed E-state index contributed by atoms with van der Waals surface area (Å²) in [7, 11) is 0. The molecule has 0 aromatic rings. The maximum absolute atomic E-state index is 4.65. The van der Waals surface area contributed by atoms with Crippen molar-refractivity contribution < 1.29 is 0 Å². The van der Waals surface area contributed by atoms with Gasteiger partial charge in [-0.15, -0.1) is 0 Å². The summed E-state index contributed by atoms with van der Waals surface area (Å²) >= 11 is 2.05. The minimum atomic E-state index is 0.835. The van der Waals surface area contributed by atoms with Gasteiger partial charge in [0.1, 0.15) is 5.84 Å². The summed E-state index contributed by atoms with van der Waals surface area (Å²) in [6.07, 6.45) is 9.42. The fourth-order valence-electron chi connectivity index (χ4n) is 2.20. The minimum absolute atomic E-state index is 0.835. The molecule has 0 spiro atoms. The molecule has 1 saturated carbocycles. The first-order valence-electron chi connectivity index (χ1n) is 7.23. The van der Waals surface area contributed by atoms with Crippen molar-refractivity contribution in [2.45, 2.75) is 71.0 Å². The highest BCUT2D eigenvalue weighted by Gasteiger charge is 2.18. The van der Waals surface area contributed by atoms with E-state index >= 15 is 0 Å². The Morgan fingerprint density at radius 3 is 2.47 bits per heavy atom. The maximum Gasteiger partial charge on any atom is 0.106 e. The Morgan fingerprint density at radius 1 is 1.18 bits per heavy atom. The van der Waals surface area contributed by atoms with Crippen molar-refractivity contribution in [1.82, 2.24) is 4.31 Å². The second kappa shape index (κ2) is 8.84. The maximum atomic E-state index is 4.65. The summed E-state index contributed by atoms with van der Waals surface area (Å²) in [4.78, 5) is 4.65. The molecule has 2 nitrogen and oxygen atoms in total. The van der Waals surface area contributed by atoms with Crippen molar-refractivity contribution in [1.29, 1.82) is 0 Å². The van der Waals surface area contributed by atoms with E-state index in [2.05, 4.69) is 42.0 Å². The quantitative estimate of drug-likeness (QED) is 0.395. The highest BCUT2D eigenvalue weighted by atomic mass is 32.2.